The van der Waals surface area contributed by atoms with E-state index in [1.807, 2.05) is 6.07 Å². The SMILES string of the molecule is Cc1ccoc1CNCC1(C)CCOCC1. The van der Waals surface area contributed by atoms with Crippen molar-refractivity contribution < 1.29 is 9.15 Å². The van der Waals surface area contributed by atoms with E-state index in [2.05, 4.69) is 19.2 Å². The fourth-order valence-corrected chi connectivity index (χ4v) is 2.10. The van der Waals surface area contributed by atoms with Gasteiger partial charge in [-0.15, -0.1) is 0 Å². The lowest BCUT2D eigenvalue weighted by atomic mass is 9.82. The lowest BCUT2D eigenvalue weighted by Gasteiger charge is -2.33. The molecule has 0 atom stereocenters. The highest BCUT2D eigenvalue weighted by Gasteiger charge is 2.26. The molecule has 0 amide bonds. The van der Waals surface area contributed by atoms with Crippen molar-refractivity contribution in [3.63, 3.8) is 0 Å². The molecular formula is C13H21NO2. The smallest absolute Gasteiger partial charge is 0.120 e. The summed E-state index contributed by atoms with van der Waals surface area (Å²) in [6, 6.07) is 2.01. The van der Waals surface area contributed by atoms with E-state index >= 15 is 0 Å². The average molecular weight is 223 g/mol. The molecule has 0 saturated carbocycles. The first-order chi connectivity index (χ1) is 7.70. The molecule has 1 aliphatic heterocycles. The summed E-state index contributed by atoms with van der Waals surface area (Å²) in [6.07, 6.45) is 4.05. The summed E-state index contributed by atoms with van der Waals surface area (Å²) in [5, 5.41) is 3.49. The van der Waals surface area contributed by atoms with Gasteiger partial charge in [0.15, 0.2) is 0 Å². The van der Waals surface area contributed by atoms with E-state index in [1.165, 1.54) is 5.56 Å². The largest absolute Gasteiger partial charge is 0.468 e. The molecular weight excluding hydrogens is 202 g/mol. The van der Waals surface area contributed by atoms with Gasteiger partial charge < -0.3 is 14.5 Å². The number of furan rings is 1. The highest BCUT2D eigenvalue weighted by atomic mass is 16.5. The van der Waals surface area contributed by atoms with Crippen LogP contribution in [-0.4, -0.2) is 19.8 Å². The third kappa shape index (κ3) is 2.86. The van der Waals surface area contributed by atoms with Crippen LogP contribution in [0.5, 0.6) is 0 Å². The summed E-state index contributed by atoms with van der Waals surface area (Å²) in [5.41, 5.74) is 1.61. The highest BCUT2D eigenvalue weighted by molar-refractivity contribution is 5.14. The van der Waals surface area contributed by atoms with Gasteiger partial charge in [0.2, 0.25) is 0 Å². The van der Waals surface area contributed by atoms with Crippen LogP contribution in [0.25, 0.3) is 0 Å². The van der Waals surface area contributed by atoms with Crippen LogP contribution in [0.1, 0.15) is 31.1 Å². The number of nitrogens with one attached hydrogen (secondary N) is 1. The minimum absolute atomic E-state index is 0.388. The van der Waals surface area contributed by atoms with Crippen LogP contribution in [0, 0.1) is 12.3 Å². The van der Waals surface area contributed by atoms with Crippen LogP contribution >= 0.6 is 0 Å². The second-order valence-electron chi connectivity index (χ2n) is 5.05. The molecule has 2 heterocycles. The molecule has 1 saturated heterocycles. The molecule has 1 N–H and O–H groups in total. The van der Waals surface area contributed by atoms with Gasteiger partial charge in [-0.3, -0.25) is 0 Å². The van der Waals surface area contributed by atoms with E-state index in [4.69, 9.17) is 9.15 Å². The summed E-state index contributed by atoms with van der Waals surface area (Å²) in [4.78, 5) is 0. The van der Waals surface area contributed by atoms with Crippen LogP contribution in [0.2, 0.25) is 0 Å². The number of aryl methyl sites for hydroxylation is 1. The summed E-state index contributed by atoms with van der Waals surface area (Å²) in [5.74, 6) is 1.05. The quantitative estimate of drug-likeness (QED) is 0.851. The zero-order valence-corrected chi connectivity index (χ0v) is 10.2. The predicted octanol–water partition coefficient (Wildman–Crippen LogP) is 2.49. The Kier molecular flexibility index (Phi) is 3.66. The van der Waals surface area contributed by atoms with E-state index in [0.29, 0.717) is 5.41 Å². The van der Waals surface area contributed by atoms with Gasteiger partial charge in [0.05, 0.1) is 12.8 Å². The minimum atomic E-state index is 0.388. The Morgan fingerprint density at radius 1 is 1.38 bits per heavy atom. The second-order valence-corrected chi connectivity index (χ2v) is 5.05. The van der Waals surface area contributed by atoms with Crippen molar-refractivity contribution in [1.29, 1.82) is 0 Å². The monoisotopic (exact) mass is 223 g/mol. The van der Waals surface area contributed by atoms with Crippen molar-refractivity contribution >= 4 is 0 Å². The fourth-order valence-electron chi connectivity index (χ4n) is 2.10. The van der Waals surface area contributed by atoms with Crippen LogP contribution in [0.4, 0.5) is 0 Å². The second kappa shape index (κ2) is 5.02. The molecule has 0 bridgehead atoms. The van der Waals surface area contributed by atoms with Crippen LogP contribution in [-0.2, 0) is 11.3 Å². The van der Waals surface area contributed by atoms with Gasteiger partial charge in [0.1, 0.15) is 5.76 Å². The zero-order chi connectivity index (χ0) is 11.4. The average Bonchev–Trinajstić information content (AvgIpc) is 2.65. The molecule has 0 aliphatic carbocycles. The summed E-state index contributed by atoms with van der Waals surface area (Å²) >= 11 is 0. The van der Waals surface area contributed by atoms with Crippen molar-refractivity contribution in [1.82, 2.24) is 5.32 Å². The van der Waals surface area contributed by atoms with Gasteiger partial charge in [-0.25, -0.2) is 0 Å². The maximum Gasteiger partial charge on any atom is 0.120 e. The molecule has 0 spiro atoms. The van der Waals surface area contributed by atoms with Crippen molar-refractivity contribution in [2.45, 2.75) is 33.2 Å². The Morgan fingerprint density at radius 2 is 2.12 bits per heavy atom. The van der Waals surface area contributed by atoms with E-state index in [9.17, 15) is 0 Å². The summed E-state index contributed by atoms with van der Waals surface area (Å²) in [6.45, 7) is 8.08. The molecule has 1 aliphatic rings. The lowest BCUT2D eigenvalue weighted by Crippen LogP contribution is -2.36. The molecule has 1 aromatic rings. The number of ether oxygens (including phenoxy) is 1. The van der Waals surface area contributed by atoms with Crippen LogP contribution < -0.4 is 5.32 Å². The number of rotatable bonds is 4. The van der Waals surface area contributed by atoms with Crippen molar-refractivity contribution in [2.24, 2.45) is 5.41 Å². The Bertz CT molecular complexity index is 326. The van der Waals surface area contributed by atoms with Gasteiger partial charge in [-0.05, 0) is 36.8 Å². The zero-order valence-electron chi connectivity index (χ0n) is 10.2. The lowest BCUT2D eigenvalue weighted by molar-refractivity contribution is 0.0238. The molecule has 1 fully saturated rings. The third-order valence-electron chi connectivity index (χ3n) is 3.51. The molecule has 1 aromatic heterocycles. The van der Waals surface area contributed by atoms with E-state index < -0.39 is 0 Å². The van der Waals surface area contributed by atoms with Gasteiger partial charge in [0.25, 0.3) is 0 Å². The summed E-state index contributed by atoms with van der Waals surface area (Å²) in [7, 11) is 0. The van der Waals surface area contributed by atoms with Crippen molar-refractivity contribution in [3.8, 4) is 0 Å². The fraction of sp³-hybridized carbons (Fsp3) is 0.692. The molecule has 0 aromatic carbocycles. The van der Waals surface area contributed by atoms with E-state index in [-0.39, 0.29) is 0 Å². The maximum atomic E-state index is 5.40. The normalized spacial score (nSPS) is 19.9. The topological polar surface area (TPSA) is 34.4 Å². The van der Waals surface area contributed by atoms with Gasteiger partial charge in [-0.1, -0.05) is 6.92 Å². The first kappa shape index (κ1) is 11.7. The predicted molar refractivity (Wildman–Crippen MR) is 63.3 cm³/mol. The highest BCUT2D eigenvalue weighted by Crippen LogP contribution is 2.28. The maximum absolute atomic E-state index is 5.40. The third-order valence-corrected chi connectivity index (χ3v) is 3.51. The first-order valence-corrected chi connectivity index (χ1v) is 6.01. The van der Waals surface area contributed by atoms with E-state index in [0.717, 1.165) is 44.9 Å². The Labute approximate surface area is 97.2 Å². The van der Waals surface area contributed by atoms with E-state index in [1.54, 1.807) is 6.26 Å². The molecule has 3 nitrogen and oxygen atoms in total. The van der Waals surface area contributed by atoms with Crippen molar-refractivity contribution in [2.75, 3.05) is 19.8 Å². The molecule has 0 unspecified atom stereocenters. The van der Waals surface area contributed by atoms with Crippen LogP contribution in [0.3, 0.4) is 0 Å². The molecule has 3 heteroatoms. The molecule has 0 radical (unpaired) electrons. The minimum Gasteiger partial charge on any atom is -0.468 e. The molecule has 16 heavy (non-hydrogen) atoms. The van der Waals surface area contributed by atoms with Gasteiger partial charge >= 0.3 is 0 Å². The summed E-state index contributed by atoms with van der Waals surface area (Å²) < 4.78 is 10.8. The molecule has 90 valence electrons. The molecule has 2 rings (SSSR count). The van der Waals surface area contributed by atoms with Crippen LogP contribution in [0.15, 0.2) is 16.7 Å². The van der Waals surface area contributed by atoms with Crippen molar-refractivity contribution in [3.05, 3.63) is 23.7 Å². The first-order valence-electron chi connectivity index (χ1n) is 6.01. The number of hydrogen-bond acceptors (Lipinski definition) is 3. The Hall–Kier alpha value is -0.800. The van der Waals surface area contributed by atoms with Gasteiger partial charge in [0, 0.05) is 19.8 Å². The number of hydrogen-bond donors (Lipinski definition) is 1. The Balaban J connectivity index is 1.77. The Morgan fingerprint density at radius 3 is 2.75 bits per heavy atom. The standard InChI is InChI=1S/C13H21NO2/c1-11-3-6-16-12(11)9-14-10-13(2)4-7-15-8-5-13/h3,6,14H,4-5,7-10H2,1-2H3. The van der Waals surface area contributed by atoms with Gasteiger partial charge in [-0.2, -0.15) is 0 Å².